The molecule has 0 spiro atoms. The molecule has 1 aliphatic rings. The van der Waals surface area contributed by atoms with Crippen LogP contribution in [-0.2, 0) is 17.6 Å². The lowest BCUT2D eigenvalue weighted by Crippen LogP contribution is -2.25. The van der Waals surface area contributed by atoms with E-state index in [1.54, 1.807) is 13.4 Å². The average molecular weight is 252 g/mol. The molecule has 0 saturated heterocycles. The van der Waals surface area contributed by atoms with Crippen molar-refractivity contribution in [3.05, 3.63) is 17.6 Å². The molecule has 0 amide bonds. The summed E-state index contributed by atoms with van der Waals surface area (Å²) >= 11 is 0. The number of nitrogens with zero attached hydrogens (tertiary/aromatic N) is 2. The highest BCUT2D eigenvalue weighted by Gasteiger charge is 2.14. The maximum Gasteiger partial charge on any atom is 0.132 e. The predicted octanol–water partition coefficient (Wildman–Crippen LogP) is -0.416. The Labute approximate surface area is 107 Å². The number of hydrogen-bond donors (Lipinski definition) is 3. The number of nitrogens with one attached hydrogen (secondary N) is 2. The van der Waals surface area contributed by atoms with E-state index in [2.05, 4.69) is 20.6 Å². The lowest BCUT2D eigenvalue weighted by molar-refractivity contribution is 0.0727. The quantitative estimate of drug-likeness (QED) is 0.661. The van der Waals surface area contributed by atoms with Gasteiger partial charge in [0.2, 0.25) is 0 Å². The summed E-state index contributed by atoms with van der Waals surface area (Å²) in [5, 5.41) is 16.1. The fourth-order valence-corrected chi connectivity index (χ4v) is 2.09. The van der Waals surface area contributed by atoms with Gasteiger partial charge in [0.25, 0.3) is 0 Å². The first kappa shape index (κ1) is 13.2. The SMILES string of the molecule is COC[C@H](O)CNc1ncnc2c1CCNCC2. The normalized spacial score (nSPS) is 16.8. The van der Waals surface area contributed by atoms with Gasteiger partial charge < -0.3 is 20.5 Å². The third-order valence-corrected chi connectivity index (χ3v) is 2.99. The Kier molecular flexibility index (Phi) is 4.86. The molecule has 2 rings (SSSR count). The number of aromatic nitrogens is 2. The molecule has 3 N–H and O–H groups in total. The fourth-order valence-electron chi connectivity index (χ4n) is 2.09. The molecule has 0 bridgehead atoms. The average Bonchev–Trinajstić information content (AvgIpc) is 2.62. The number of rotatable bonds is 5. The van der Waals surface area contributed by atoms with E-state index in [1.165, 1.54) is 0 Å². The summed E-state index contributed by atoms with van der Waals surface area (Å²) in [5.41, 5.74) is 2.26. The summed E-state index contributed by atoms with van der Waals surface area (Å²) in [7, 11) is 1.58. The lowest BCUT2D eigenvalue weighted by Gasteiger charge is -2.14. The molecular weight excluding hydrogens is 232 g/mol. The maximum absolute atomic E-state index is 9.63. The van der Waals surface area contributed by atoms with Crippen LogP contribution < -0.4 is 10.6 Å². The second-order valence-corrected chi connectivity index (χ2v) is 4.39. The number of fused-ring (bicyclic) bond motifs is 1. The van der Waals surface area contributed by atoms with Crippen LogP contribution in [0.1, 0.15) is 11.3 Å². The van der Waals surface area contributed by atoms with Crippen LogP contribution in [0.4, 0.5) is 5.82 Å². The summed E-state index contributed by atoms with van der Waals surface area (Å²) in [4.78, 5) is 8.59. The van der Waals surface area contributed by atoms with Crippen molar-refractivity contribution in [2.75, 3.05) is 38.7 Å². The topological polar surface area (TPSA) is 79.3 Å². The largest absolute Gasteiger partial charge is 0.389 e. The molecule has 0 aromatic carbocycles. The minimum Gasteiger partial charge on any atom is -0.389 e. The van der Waals surface area contributed by atoms with E-state index in [1.807, 2.05) is 0 Å². The molecule has 2 heterocycles. The zero-order valence-electron chi connectivity index (χ0n) is 10.6. The molecule has 6 nitrogen and oxygen atoms in total. The van der Waals surface area contributed by atoms with Gasteiger partial charge in [0.05, 0.1) is 18.4 Å². The standard InChI is InChI=1S/C12H20N4O2/c1-18-7-9(17)6-14-12-10-2-4-13-5-3-11(10)15-8-16-12/h8-9,13,17H,2-7H2,1H3,(H,14,15,16)/t9-/m1/s1. The van der Waals surface area contributed by atoms with Gasteiger partial charge in [-0.05, 0) is 13.0 Å². The van der Waals surface area contributed by atoms with Crippen molar-refractivity contribution in [1.82, 2.24) is 15.3 Å². The minimum absolute atomic E-state index is 0.321. The summed E-state index contributed by atoms with van der Waals surface area (Å²) in [6, 6.07) is 0. The molecular formula is C12H20N4O2. The smallest absolute Gasteiger partial charge is 0.132 e. The van der Waals surface area contributed by atoms with Gasteiger partial charge in [-0.25, -0.2) is 9.97 Å². The number of methoxy groups -OCH3 is 1. The van der Waals surface area contributed by atoms with Crippen LogP contribution in [0.3, 0.4) is 0 Å². The minimum atomic E-state index is -0.524. The Morgan fingerprint density at radius 3 is 3.11 bits per heavy atom. The Balaban J connectivity index is 2.04. The van der Waals surface area contributed by atoms with E-state index >= 15 is 0 Å². The molecule has 1 atom stereocenters. The summed E-state index contributed by atoms with van der Waals surface area (Å²) in [6.07, 6.45) is 2.89. The highest BCUT2D eigenvalue weighted by Crippen LogP contribution is 2.17. The first-order valence-corrected chi connectivity index (χ1v) is 6.25. The number of anilines is 1. The first-order valence-electron chi connectivity index (χ1n) is 6.25. The third kappa shape index (κ3) is 3.38. The van der Waals surface area contributed by atoms with Crippen LogP contribution in [0.2, 0.25) is 0 Å². The number of aliphatic hydroxyl groups excluding tert-OH is 1. The highest BCUT2D eigenvalue weighted by atomic mass is 16.5. The van der Waals surface area contributed by atoms with Gasteiger partial charge in [0.1, 0.15) is 12.1 Å². The van der Waals surface area contributed by atoms with Gasteiger partial charge in [0.15, 0.2) is 0 Å². The predicted molar refractivity (Wildman–Crippen MR) is 68.7 cm³/mol. The molecule has 100 valence electrons. The molecule has 1 aliphatic heterocycles. The molecule has 18 heavy (non-hydrogen) atoms. The van der Waals surface area contributed by atoms with Crippen molar-refractivity contribution in [3.8, 4) is 0 Å². The van der Waals surface area contributed by atoms with E-state index in [4.69, 9.17) is 4.74 Å². The maximum atomic E-state index is 9.63. The van der Waals surface area contributed by atoms with Crippen molar-refractivity contribution in [2.24, 2.45) is 0 Å². The molecule has 0 radical (unpaired) electrons. The van der Waals surface area contributed by atoms with Crippen LogP contribution in [0.25, 0.3) is 0 Å². The molecule has 1 aromatic rings. The van der Waals surface area contributed by atoms with E-state index in [9.17, 15) is 5.11 Å². The van der Waals surface area contributed by atoms with Crippen molar-refractivity contribution in [1.29, 1.82) is 0 Å². The number of aliphatic hydroxyl groups is 1. The molecule has 6 heteroatoms. The summed E-state index contributed by atoms with van der Waals surface area (Å²) in [5.74, 6) is 0.832. The van der Waals surface area contributed by atoms with E-state index < -0.39 is 6.10 Å². The van der Waals surface area contributed by atoms with Crippen LogP contribution in [0.5, 0.6) is 0 Å². The molecule has 0 fully saturated rings. The molecule has 0 aliphatic carbocycles. The van der Waals surface area contributed by atoms with Crippen molar-refractivity contribution >= 4 is 5.82 Å². The van der Waals surface area contributed by atoms with Gasteiger partial charge in [-0.1, -0.05) is 0 Å². The van der Waals surface area contributed by atoms with Crippen LogP contribution in [-0.4, -0.2) is 54.5 Å². The molecule has 0 saturated carbocycles. The molecule has 0 unspecified atom stereocenters. The monoisotopic (exact) mass is 252 g/mol. The summed E-state index contributed by atoms with van der Waals surface area (Å²) in [6.45, 7) is 2.65. The van der Waals surface area contributed by atoms with Gasteiger partial charge in [-0.2, -0.15) is 0 Å². The highest BCUT2D eigenvalue weighted by molar-refractivity contribution is 5.46. The Morgan fingerprint density at radius 1 is 1.44 bits per heavy atom. The van der Waals surface area contributed by atoms with Crippen molar-refractivity contribution < 1.29 is 9.84 Å². The zero-order chi connectivity index (χ0) is 12.8. The molecule has 1 aromatic heterocycles. The van der Waals surface area contributed by atoms with E-state index in [0.717, 1.165) is 43.0 Å². The van der Waals surface area contributed by atoms with Gasteiger partial charge >= 0.3 is 0 Å². The Hall–Kier alpha value is -1.24. The Morgan fingerprint density at radius 2 is 2.28 bits per heavy atom. The number of hydrogen-bond acceptors (Lipinski definition) is 6. The van der Waals surface area contributed by atoms with Crippen LogP contribution in [0, 0.1) is 0 Å². The van der Waals surface area contributed by atoms with Gasteiger partial charge in [-0.15, -0.1) is 0 Å². The Bertz CT molecular complexity index is 386. The van der Waals surface area contributed by atoms with Gasteiger partial charge in [0, 0.05) is 32.2 Å². The lowest BCUT2D eigenvalue weighted by atomic mass is 10.1. The second kappa shape index (κ2) is 6.63. The zero-order valence-corrected chi connectivity index (χ0v) is 10.6. The summed E-state index contributed by atoms with van der Waals surface area (Å²) < 4.78 is 4.89. The van der Waals surface area contributed by atoms with E-state index in [-0.39, 0.29) is 0 Å². The second-order valence-electron chi connectivity index (χ2n) is 4.39. The third-order valence-electron chi connectivity index (χ3n) is 2.99. The van der Waals surface area contributed by atoms with Crippen LogP contribution >= 0.6 is 0 Å². The fraction of sp³-hybridized carbons (Fsp3) is 0.667. The van der Waals surface area contributed by atoms with Crippen LogP contribution in [0.15, 0.2) is 6.33 Å². The number of ether oxygens (including phenoxy) is 1. The van der Waals surface area contributed by atoms with Crippen molar-refractivity contribution in [3.63, 3.8) is 0 Å². The van der Waals surface area contributed by atoms with Gasteiger partial charge in [-0.3, -0.25) is 0 Å². The first-order chi connectivity index (χ1) is 8.81. The van der Waals surface area contributed by atoms with E-state index in [0.29, 0.717) is 13.2 Å². The van der Waals surface area contributed by atoms with Crippen molar-refractivity contribution in [2.45, 2.75) is 18.9 Å².